The Morgan fingerprint density at radius 1 is 1.47 bits per heavy atom. The van der Waals surface area contributed by atoms with Crippen LogP contribution in [0.1, 0.15) is 6.42 Å². The number of nitrogen functional groups attached to an aromatic ring is 1. The van der Waals surface area contributed by atoms with E-state index in [2.05, 4.69) is 0 Å². The fourth-order valence-electron chi connectivity index (χ4n) is 1.93. The van der Waals surface area contributed by atoms with Crippen molar-refractivity contribution in [2.45, 2.75) is 6.42 Å². The van der Waals surface area contributed by atoms with E-state index in [1.165, 1.54) is 23.1 Å². The van der Waals surface area contributed by atoms with Gasteiger partial charge in [-0.1, -0.05) is 6.07 Å². The van der Waals surface area contributed by atoms with E-state index in [9.17, 15) is 14.0 Å². The number of primary amides is 1. The van der Waals surface area contributed by atoms with Gasteiger partial charge in [-0.3, -0.25) is 9.59 Å². The molecule has 1 fully saturated rings. The highest BCUT2D eigenvalue weighted by molar-refractivity contribution is 6.02. The Bertz CT molecular complexity index is 469. The molecule has 1 heterocycles. The monoisotopic (exact) mass is 237 g/mol. The molecule has 5 nitrogen and oxygen atoms in total. The Morgan fingerprint density at radius 2 is 2.18 bits per heavy atom. The molecule has 1 aliphatic heterocycles. The van der Waals surface area contributed by atoms with Gasteiger partial charge in [0.05, 0.1) is 11.6 Å². The van der Waals surface area contributed by atoms with E-state index in [-0.39, 0.29) is 30.2 Å². The Labute approximate surface area is 97.2 Å². The molecule has 1 aromatic carbocycles. The molecule has 0 radical (unpaired) electrons. The zero-order valence-electron chi connectivity index (χ0n) is 9.02. The summed E-state index contributed by atoms with van der Waals surface area (Å²) >= 11 is 0. The summed E-state index contributed by atoms with van der Waals surface area (Å²) in [6, 6.07) is 4.18. The predicted molar refractivity (Wildman–Crippen MR) is 60.5 cm³/mol. The van der Waals surface area contributed by atoms with Crippen LogP contribution in [0.3, 0.4) is 0 Å². The highest BCUT2D eigenvalue weighted by Gasteiger charge is 2.35. The molecule has 1 unspecified atom stereocenters. The average molecular weight is 237 g/mol. The molecule has 90 valence electrons. The molecule has 0 aliphatic carbocycles. The minimum Gasteiger partial charge on any atom is -0.397 e. The summed E-state index contributed by atoms with van der Waals surface area (Å²) in [5, 5.41) is 0. The van der Waals surface area contributed by atoms with Gasteiger partial charge in [0, 0.05) is 13.0 Å². The second-order valence-electron chi connectivity index (χ2n) is 3.99. The van der Waals surface area contributed by atoms with E-state index in [0.29, 0.717) is 0 Å². The van der Waals surface area contributed by atoms with Gasteiger partial charge in [-0.2, -0.15) is 0 Å². The van der Waals surface area contributed by atoms with Gasteiger partial charge in [-0.25, -0.2) is 4.39 Å². The smallest absolute Gasteiger partial charge is 0.228 e. The number of amides is 2. The van der Waals surface area contributed by atoms with Crippen LogP contribution in [0.4, 0.5) is 15.8 Å². The van der Waals surface area contributed by atoms with Crippen LogP contribution in [-0.2, 0) is 9.59 Å². The number of hydrogen-bond acceptors (Lipinski definition) is 3. The molecule has 0 aromatic heterocycles. The van der Waals surface area contributed by atoms with Gasteiger partial charge in [-0.15, -0.1) is 0 Å². The minimum atomic E-state index is -0.582. The predicted octanol–water partition coefficient (Wildman–Crippen LogP) is 0.246. The first-order chi connectivity index (χ1) is 8.00. The average Bonchev–Trinajstić information content (AvgIpc) is 2.61. The molecule has 0 saturated carbocycles. The Balaban J connectivity index is 2.35. The first-order valence-corrected chi connectivity index (χ1v) is 5.14. The zero-order valence-corrected chi connectivity index (χ0v) is 9.02. The largest absolute Gasteiger partial charge is 0.397 e. The van der Waals surface area contributed by atoms with Gasteiger partial charge in [0.15, 0.2) is 0 Å². The molecule has 1 atom stereocenters. The summed E-state index contributed by atoms with van der Waals surface area (Å²) in [6.45, 7) is 0.0826. The van der Waals surface area contributed by atoms with Gasteiger partial charge >= 0.3 is 0 Å². The van der Waals surface area contributed by atoms with Gasteiger partial charge < -0.3 is 16.4 Å². The van der Waals surface area contributed by atoms with Crippen molar-refractivity contribution in [3.8, 4) is 0 Å². The van der Waals surface area contributed by atoms with Crippen molar-refractivity contribution in [2.24, 2.45) is 11.7 Å². The lowest BCUT2D eigenvalue weighted by Crippen LogP contribution is -2.29. The third kappa shape index (κ3) is 1.93. The maximum atomic E-state index is 13.6. The number of carbonyl (C=O) groups is 2. The molecule has 2 amide bonds. The van der Waals surface area contributed by atoms with Crippen molar-refractivity contribution in [1.29, 1.82) is 0 Å². The number of anilines is 2. The molecule has 0 spiro atoms. The van der Waals surface area contributed by atoms with E-state index in [1.807, 2.05) is 0 Å². The first-order valence-electron chi connectivity index (χ1n) is 5.14. The van der Waals surface area contributed by atoms with Crippen LogP contribution in [0, 0.1) is 11.7 Å². The molecule has 0 bridgehead atoms. The normalized spacial score (nSPS) is 19.7. The lowest BCUT2D eigenvalue weighted by Gasteiger charge is -2.18. The van der Waals surface area contributed by atoms with Crippen LogP contribution in [0.25, 0.3) is 0 Å². The summed E-state index contributed by atoms with van der Waals surface area (Å²) < 4.78 is 13.6. The first kappa shape index (κ1) is 11.4. The molecule has 1 aliphatic rings. The second kappa shape index (κ2) is 4.04. The number of nitrogens with zero attached hydrogens (tertiary/aromatic N) is 1. The van der Waals surface area contributed by atoms with E-state index < -0.39 is 17.6 Å². The second-order valence-corrected chi connectivity index (χ2v) is 3.99. The van der Waals surface area contributed by atoms with Gasteiger partial charge in [0.2, 0.25) is 11.8 Å². The van der Waals surface area contributed by atoms with Crippen LogP contribution in [0.15, 0.2) is 18.2 Å². The third-order valence-corrected chi connectivity index (χ3v) is 2.82. The fraction of sp³-hybridized carbons (Fsp3) is 0.273. The summed E-state index contributed by atoms with van der Waals surface area (Å²) in [4.78, 5) is 23.9. The lowest BCUT2D eigenvalue weighted by atomic mass is 10.1. The standard InChI is InChI=1S/C11H12FN3O2/c12-7-2-1-3-8(13)10(7)15-5-6(11(14)17)4-9(15)16/h1-3,6H,4-5,13H2,(H2,14,17). The van der Waals surface area contributed by atoms with Crippen LogP contribution in [0.5, 0.6) is 0 Å². The summed E-state index contributed by atoms with van der Waals surface area (Å²) in [7, 11) is 0. The number of halogens is 1. The molecule has 1 saturated heterocycles. The van der Waals surface area contributed by atoms with E-state index in [4.69, 9.17) is 11.5 Å². The number of nitrogens with two attached hydrogens (primary N) is 2. The van der Waals surface area contributed by atoms with Crippen molar-refractivity contribution >= 4 is 23.2 Å². The van der Waals surface area contributed by atoms with Crippen molar-refractivity contribution in [3.05, 3.63) is 24.0 Å². The van der Waals surface area contributed by atoms with Crippen molar-refractivity contribution in [3.63, 3.8) is 0 Å². The van der Waals surface area contributed by atoms with E-state index >= 15 is 0 Å². The number of rotatable bonds is 2. The van der Waals surface area contributed by atoms with Gasteiger partial charge in [0.1, 0.15) is 11.5 Å². The quantitative estimate of drug-likeness (QED) is 0.722. The van der Waals surface area contributed by atoms with E-state index in [0.717, 1.165) is 0 Å². The molecule has 1 aromatic rings. The molecular weight excluding hydrogens is 225 g/mol. The molecule has 17 heavy (non-hydrogen) atoms. The number of carbonyl (C=O) groups excluding carboxylic acids is 2. The zero-order chi connectivity index (χ0) is 12.6. The molecular formula is C11H12FN3O2. The number of para-hydroxylation sites is 1. The van der Waals surface area contributed by atoms with Crippen molar-refractivity contribution in [1.82, 2.24) is 0 Å². The maximum absolute atomic E-state index is 13.6. The minimum absolute atomic E-state index is 0.00308. The summed E-state index contributed by atoms with van der Waals surface area (Å²) in [5.74, 6) is -2.06. The van der Waals surface area contributed by atoms with Crippen molar-refractivity contribution in [2.75, 3.05) is 17.2 Å². The number of benzene rings is 1. The fourth-order valence-corrected chi connectivity index (χ4v) is 1.93. The molecule has 6 heteroatoms. The van der Waals surface area contributed by atoms with Crippen LogP contribution >= 0.6 is 0 Å². The van der Waals surface area contributed by atoms with Gasteiger partial charge in [0.25, 0.3) is 0 Å². The Hall–Kier alpha value is -2.11. The van der Waals surface area contributed by atoms with Crippen molar-refractivity contribution < 1.29 is 14.0 Å². The Morgan fingerprint density at radius 3 is 2.71 bits per heavy atom. The van der Waals surface area contributed by atoms with Crippen LogP contribution in [0.2, 0.25) is 0 Å². The van der Waals surface area contributed by atoms with Crippen LogP contribution < -0.4 is 16.4 Å². The third-order valence-electron chi connectivity index (χ3n) is 2.82. The SMILES string of the molecule is NC(=O)C1CC(=O)N(c2c(N)cccc2F)C1. The van der Waals surface area contributed by atoms with Crippen LogP contribution in [-0.4, -0.2) is 18.4 Å². The number of hydrogen-bond donors (Lipinski definition) is 2. The molecule has 4 N–H and O–H groups in total. The van der Waals surface area contributed by atoms with E-state index in [1.54, 1.807) is 0 Å². The topological polar surface area (TPSA) is 89.4 Å². The highest BCUT2D eigenvalue weighted by Crippen LogP contribution is 2.31. The lowest BCUT2D eigenvalue weighted by molar-refractivity contribution is -0.123. The summed E-state index contributed by atoms with van der Waals surface area (Å²) in [6.07, 6.45) is 0.00308. The Kier molecular flexibility index (Phi) is 2.71. The van der Waals surface area contributed by atoms with Gasteiger partial charge in [-0.05, 0) is 12.1 Å². The summed E-state index contributed by atoms with van der Waals surface area (Å²) in [5.41, 5.74) is 11.0. The maximum Gasteiger partial charge on any atom is 0.228 e. The molecule has 2 rings (SSSR count). The highest BCUT2D eigenvalue weighted by atomic mass is 19.1.